The Labute approximate surface area is 123 Å². The highest BCUT2D eigenvalue weighted by molar-refractivity contribution is 5.94. The number of ether oxygens (including phenoxy) is 1. The van der Waals surface area contributed by atoms with E-state index in [2.05, 4.69) is 4.98 Å². The Morgan fingerprint density at radius 1 is 1.48 bits per heavy atom. The average Bonchev–Trinajstić information content (AvgIpc) is 3.16. The average molecular weight is 286 g/mol. The van der Waals surface area contributed by atoms with Crippen LogP contribution in [0.1, 0.15) is 40.8 Å². The van der Waals surface area contributed by atoms with Crippen LogP contribution in [-0.2, 0) is 11.3 Å². The van der Waals surface area contributed by atoms with Crippen molar-refractivity contribution in [1.29, 1.82) is 0 Å². The Kier molecular flexibility index (Phi) is 4.01. The SMILES string of the molecule is COCc1ccc(C2CCCN2C(=O)c2cccnc2)o1. The molecule has 2 aromatic heterocycles. The van der Waals surface area contributed by atoms with Gasteiger partial charge in [-0.15, -0.1) is 0 Å². The molecule has 1 atom stereocenters. The fraction of sp³-hybridized carbons (Fsp3) is 0.375. The monoisotopic (exact) mass is 286 g/mol. The van der Waals surface area contributed by atoms with Crippen LogP contribution in [0.3, 0.4) is 0 Å². The van der Waals surface area contributed by atoms with Gasteiger partial charge in [-0.2, -0.15) is 0 Å². The number of pyridine rings is 1. The van der Waals surface area contributed by atoms with E-state index in [1.807, 2.05) is 17.0 Å². The zero-order valence-corrected chi connectivity index (χ0v) is 12.0. The maximum Gasteiger partial charge on any atom is 0.256 e. The van der Waals surface area contributed by atoms with Crippen molar-refractivity contribution >= 4 is 5.91 Å². The second-order valence-electron chi connectivity index (χ2n) is 5.14. The van der Waals surface area contributed by atoms with Gasteiger partial charge in [0.1, 0.15) is 18.1 Å². The van der Waals surface area contributed by atoms with E-state index < -0.39 is 0 Å². The summed E-state index contributed by atoms with van der Waals surface area (Å²) in [6.45, 7) is 1.20. The first-order chi connectivity index (χ1) is 10.3. The standard InChI is InChI=1S/C16H18N2O3/c1-20-11-13-6-7-15(21-13)14-5-3-9-18(14)16(19)12-4-2-8-17-10-12/h2,4,6-8,10,14H,3,5,9,11H2,1H3. The number of furan rings is 1. The van der Waals surface area contributed by atoms with Crippen LogP contribution in [0.2, 0.25) is 0 Å². The van der Waals surface area contributed by atoms with Crippen molar-refractivity contribution < 1.29 is 13.9 Å². The zero-order valence-electron chi connectivity index (χ0n) is 12.0. The summed E-state index contributed by atoms with van der Waals surface area (Å²) in [7, 11) is 1.63. The van der Waals surface area contributed by atoms with E-state index in [9.17, 15) is 4.79 Å². The molecule has 3 heterocycles. The molecule has 0 aliphatic carbocycles. The number of carbonyl (C=O) groups excluding carboxylic acids is 1. The molecule has 110 valence electrons. The van der Waals surface area contributed by atoms with Gasteiger partial charge in [0, 0.05) is 26.0 Å². The lowest BCUT2D eigenvalue weighted by molar-refractivity contribution is 0.0715. The molecule has 0 spiro atoms. The number of hydrogen-bond donors (Lipinski definition) is 0. The minimum Gasteiger partial charge on any atom is -0.461 e. The second kappa shape index (κ2) is 6.10. The summed E-state index contributed by atoms with van der Waals surface area (Å²) < 4.78 is 10.9. The molecule has 3 rings (SSSR count). The van der Waals surface area contributed by atoms with Gasteiger partial charge in [0.25, 0.3) is 5.91 Å². The number of amides is 1. The molecular weight excluding hydrogens is 268 g/mol. The third-order valence-corrected chi connectivity index (χ3v) is 3.72. The van der Waals surface area contributed by atoms with Crippen molar-refractivity contribution in [2.45, 2.75) is 25.5 Å². The largest absolute Gasteiger partial charge is 0.461 e. The van der Waals surface area contributed by atoms with Crippen LogP contribution in [0.15, 0.2) is 41.1 Å². The number of nitrogens with zero attached hydrogens (tertiary/aromatic N) is 2. The fourth-order valence-electron chi connectivity index (χ4n) is 2.75. The first-order valence-corrected chi connectivity index (χ1v) is 7.08. The molecule has 2 aromatic rings. The lowest BCUT2D eigenvalue weighted by atomic mass is 10.1. The predicted octanol–water partition coefficient (Wildman–Crippen LogP) is 2.80. The number of aromatic nitrogens is 1. The highest BCUT2D eigenvalue weighted by Crippen LogP contribution is 2.34. The second-order valence-corrected chi connectivity index (χ2v) is 5.14. The Hall–Kier alpha value is -2.14. The highest BCUT2D eigenvalue weighted by Gasteiger charge is 2.32. The van der Waals surface area contributed by atoms with Gasteiger partial charge in [0.05, 0.1) is 11.6 Å². The van der Waals surface area contributed by atoms with Crippen LogP contribution in [0, 0.1) is 0 Å². The molecule has 5 heteroatoms. The van der Waals surface area contributed by atoms with Gasteiger partial charge in [-0.3, -0.25) is 9.78 Å². The first-order valence-electron chi connectivity index (χ1n) is 7.08. The van der Waals surface area contributed by atoms with Crippen molar-refractivity contribution in [2.24, 2.45) is 0 Å². The molecule has 0 saturated carbocycles. The molecule has 1 fully saturated rings. The van der Waals surface area contributed by atoms with E-state index in [0.29, 0.717) is 12.2 Å². The number of methoxy groups -OCH3 is 1. The highest BCUT2D eigenvalue weighted by atomic mass is 16.5. The van der Waals surface area contributed by atoms with Crippen LogP contribution in [-0.4, -0.2) is 29.4 Å². The molecule has 1 aliphatic heterocycles. The van der Waals surface area contributed by atoms with Crippen LogP contribution >= 0.6 is 0 Å². The molecular formula is C16H18N2O3. The molecule has 0 N–H and O–H groups in total. The van der Waals surface area contributed by atoms with Gasteiger partial charge in [-0.05, 0) is 37.1 Å². The Balaban J connectivity index is 1.80. The molecule has 0 bridgehead atoms. The minimum absolute atomic E-state index is 0.00307. The zero-order chi connectivity index (χ0) is 14.7. The quantitative estimate of drug-likeness (QED) is 0.867. The normalized spacial score (nSPS) is 18.1. The van der Waals surface area contributed by atoms with Crippen LogP contribution in [0.25, 0.3) is 0 Å². The number of likely N-dealkylation sites (tertiary alicyclic amines) is 1. The third kappa shape index (κ3) is 2.83. The summed E-state index contributed by atoms with van der Waals surface area (Å²) in [6.07, 6.45) is 5.18. The molecule has 21 heavy (non-hydrogen) atoms. The van der Waals surface area contributed by atoms with Crippen molar-refractivity contribution in [3.8, 4) is 0 Å². The molecule has 1 aliphatic rings. The molecule has 1 saturated heterocycles. The Bertz CT molecular complexity index is 609. The van der Waals surface area contributed by atoms with Crippen molar-refractivity contribution in [1.82, 2.24) is 9.88 Å². The van der Waals surface area contributed by atoms with Gasteiger partial charge in [0.15, 0.2) is 0 Å². The summed E-state index contributed by atoms with van der Waals surface area (Å²) in [5, 5.41) is 0. The Morgan fingerprint density at radius 2 is 2.38 bits per heavy atom. The van der Waals surface area contributed by atoms with Crippen LogP contribution in [0.5, 0.6) is 0 Å². The topological polar surface area (TPSA) is 55.6 Å². The lowest BCUT2D eigenvalue weighted by Gasteiger charge is -2.23. The molecule has 0 aromatic carbocycles. The van der Waals surface area contributed by atoms with Crippen molar-refractivity contribution in [2.75, 3.05) is 13.7 Å². The van der Waals surface area contributed by atoms with E-state index in [1.54, 1.807) is 31.6 Å². The number of hydrogen-bond acceptors (Lipinski definition) is 4. The van der Waals surface area contributed by atoms with Crippen LogP contribution in [0.4, 0.5) is 0 Å². The lowest BCUT2D eigenvalue weighted by Crippen LogP contribution is -2.30. The van der Waals surface area contributed by atoms with Gasteiger partial charge < -0.3 is 14.1 Å². The van der Waals surface area contributed by atoms with Gasteiger partial charge in [-0.1, -0.05) is 0 Å². The van der Waals surface area contributed by atoms with Gasteiger partial charge in [-0.25, -0.2) is 0 Å². The van der Waals surface area contributed by atoms with Crippen molar-refractivity contribution in [3.63, 3.8) is 0 Å². The third-order valence-electron chi connectivity index (χ3n) is 3.72. The molecule has 0 radical (unpaired) electrons. The fourth-order valence-corrected chi connectivity index (χ4v) is 2.75. The maximum absolute atomic E-state index is 12.6. The van der Waals surface area contributed by atoms with E-state index in [1.165, 1.54) is 0 Å². The van der Waals surface area contributed by atoms with E-state index in [4.69, 9.17) is 9.15 Å². The predicted molar refractivity (Wildman–Crippen MR) is 76.7 cm³/mol. The van der Waals surface area contributed by atoms with E-state index >= 15 is 0 Å². The molecule has 1 unspecified atom stereocenters. The maximum atomic E-state index is 12.6. The van der Waals surface area contributed by atoms with Crippen molar-refractivity contribution in [3.05, 3.63) is 53.7 Å². The Morgan fingerprint density at radius 3 is 3.14 bits per heavy atom. The minimum atomic E-state index is 0.00307. The summed E-state index contributed by atoms with van der Waals surface area (Å²) >= 11 is 0. The van der Waals surface area contributed by atoms with E-state index in [-0.39, 0.29) is 11.9 Å². The van der Waals surface area contributed by atoms with E-state index in [0.717, 1.165) is 30.9 Å². The number of rotatable bonds is 4. The summed E-state index contributed by atoms with van der Waals surface area (Å²) in [6, 6.07) is 7.42. The first kappa shape index (κ1) is 13.8. The number of carbonyl (C=O) groups is 1. The van der Waals surface area contributed by atoms with Gasteiger partial charge >= 0.3 is 0 Å². The molecule has 1 amide bonds. The van der Waals surface area contributed by atoms with Gasteiger partial charge in [0.2, 0.25) is 0 Å². The van der Waals surface area contributed by atoms with Crippen LogP contribution < -0.4 is 0 Å². The smallest absolute Gasteiger partial charge is 0.256 e. The molecule has 5 nitrogen and oxygen atoms in total. The summed E-state index contributed by atoms with van der Waals surface area (Å²) in [5.74, 6) is 1.63. The summed E-state index contributed by atoms with van der Waals surface area (Å²) in [4.78, 5) is 18.5. The summed E-state index contributed by atoms with van der Waals surface area (Å²) in [5.41, 5.74) is 0.619.